The second-order valence-electron chi connectivity index (χ2n) is 14.2. The van der Waals surface area contributed by atoms with Crippen molar-refractivity contribution in [2.75, 3.05) is 13.2 Å². The van der Waals surface area contributed by atoms with Gasteiger partial charge in [-0.1, -0.05) is 193 Å². The van der Waals surface area contributed by atoms with Gasteiger partial charge in [0.25, 0.3) is 0 Å². The molecule has 0 aromatic carbocycles. The molecule has 0 aromatic rings. The number of carbonyl (C=O) groups excluding carboxylic acids is 2. The van der Waals surface area contributed by atoms with Gasteiger partial charge in [0.2, 0.25) is 0 Å². The number of hydrogen-bond donors (Lipinski definition) is 0. The molecule has 277 valence electrons. The van der Waals surface area contributed by atoms with E-state index in [1.54, 1.807) is 0 Å². The molecule has 0 amide bonds. The number of unbranched alkanes of at least 4 members (excludes halogenated alkanes) is 26. The van der Waals surface area contributed by atoms with Gasteiger partial charge in [0.05, 0.1) is 13.2 Å². The molecular formula is C43H81O4. The third kappa shape index (κ3) is 37.4. The van der Waals surface area contributed by atoms with Crippen molar-refractivity contribution < 1.29 is 19.1 Å². The first-order chi connectivity index (χ1) is 23.1. The van der Waals surface area contributed by atoms with E-state index in [-0.39, 0.29) is 11.9 Å². The molecular weight excluding hydrogens is 580 g/mol. The minimum absolute atomic E-state index is 0.0214. The molecule has 47 heavy (non-hydrogen) atoms. The fourth-order valence-corrected chi connectivity index (χ4v) is 6.22. The highest BCUT2D eigenvalue weighted by Gasteiger charge is 2.10. The molecule has 0 spiro atoms. The van der Waals surface area contributed by atoms with Gasteiger partial charge >= 0.3 is 11.9 Å². The third-order valence-corrected chi connectivity index (χ3v) is 9.44. The molecule has 4 nitrogen and oxygen atoms in total. The number of hydrogen-bond acceptors (Lipinski definition) is 4. The molecule has 0 bridgehead atoms. The largest absolute Gasteiger partial charge is 0.466 e. The van der Waals surface area contributed by atoms with Crippen LogP contribution in [0.5, 0.6) is 0 Å². The Bertz CT molecular complexity index is 673. The number of ether oxygens (including phenoxy) is 2. The summed E-state index contributed by atoms with van der Waals surface area (Å²) in [6, 6.07) is 0. The maximum Gasteiger partial charge on any atom is 0.305 e. The summed E-state index contributed by atoms with van der Waals surface area (Å²) in [5.41, 5.74) is 0. The van der Waals surface area contributed by atoms with Crippen LogP contribution in [-0.2, 0) is 19.1 Å². The van der Waals surface area contributed by atoms with Gasteiger partial charge in [-0.15, -0.1) is 0 Å². The normalized spacial score (nSPS) is 12.1. The van der Waals surface area contributed by atoms with Crippen LogP contribution < -0.4 is 0 Å². The van der Waals surface area contributed by atoms with Gasteiger partial charge in [-0.05, 0) is 38.5 Å². The summed E-state index contributed by atoms with van der Waals surface area (Å²) in [4.78, 5) is 24.4. The van der Waals surface area contributed by atoms with Crippen molar-refractivity contribution in [3.63, 3.8) is 0 Å². The van der Waals surface area contributed by atoms with Gasteiger partial charge in [-0.2, -0.15) is 0 Å². The van der Waals surface area contributed by atoms with Crippen molar-refractivity contribution >= 4 is 11.9 Å². The topological polar surface area (TPSA) is 52.6 Å². The van der Waals surface area contributed by atoms with Gasteiger partial charge in [-0.3, -0.25) is 9.59 Å². The van der Waals surface area contributed by atoms with Gasteiger partial charge in [0.15, 0.2) is 0 Å². The summed E-state index contributed by atoms with van der Waals surface area (Å²) in [5, 5.41) is 0. The van der Waals surface area contributed by atoms with E-state index in [1.165, 1.54) is 116 Å². The second-order valence-corrected chi connectivity index (χ2v) is 14.2. The maximum atomic E-state index is 12.5. The molecule has 0 aliphatic rings. The van der Waals surface area contributed by atoms with Crippen LogP contribution in [0.25, 0.3) is 0 Å². The fourth-order valence-electron chi connectivity index (χ4n) is 6.22. The molecule has 0 saturated heterocycles. The Labute approximate surface area is 294 Å². The van der Waals surface area contributed by atoms with E-state index in [0.717, 1.165) is 83.5 Å². The number of carbonyl (C=O) groups is 2. The van der Waals surface area contributed by atoms with E-state index < -0.39 is 0 Å². The van der Waals surface area contributed by atoms with Crippen molar-refractivity contribution in [2.24, 2.45) is 5.92 Å². The highest BCUT2D eigenvalue weighted by atomic mass is 16.5. The zero-order chi connectivity index (χ0) is 34.3. The van der Waals surface area contributed by atoms with Crippen LogP contribution in [0.4, 0.5) is 0 Å². The molecule has 0 aliphatic heterocycles. The molecule has 1 unspecified atom stereocenters. The van der Waals surface area contributed by atoms with Gasteiger partial charge in [-0.25, -0.2) is 0 Å². The van der Waals surface area contributed by atoms with Crippen LogP contribution in [0.3, 0.4) is 0 Å². The number of esters is 2. The summed E-state index contributed by atoms with van der Waals surface area (Å²) in [5.74, 6) is 0.242. The predicted molar refractivity (Wildman–Crippen MR) is 204 cm³/mol. The van der Waals surface area contributed by atoms with Crippen molar-refractivity contribution in [1.82, 2.24) is 0 Å². The van der Waals surface area contributed by atoms with Gasteiger partial charge in [0, 0.05) is 18.8 Å². The zero-order valence-corrected chi connectivity index (χ0v) is 31.8. The Morgan fingerprint density at radius 1 is 0.511 bits per heavy atom. The van der Waals surface area contributed by atoms with Crippen LogP contribution in [0.2, 0.25) is 0 Å². The van der Waals surface area contributed by atoms with Crippen molar-refractivity contribution in [1.29, 1.82) is 0 Å². The molecule has 0 N–H and O–H groups in total. The monoisotopic (exact) mass is 662 g/mol. The SMILES string of the molecule is [CH2]CCCCCOC(=O)CCCCCCCC(/C=C/CCCCCCC)COC(=O)CCCCCCCCCCCCCCCCC. The van der Waals surface area contributed by atoms with Crippen LogP contribution in [0.15, 0.2) is 12.2 Å². The van der Waals surface area contributed by atoms with Crippen molar-refractivity contribution in [3.05, 3.63) is 19.1 Å². The van der Waals surface area contributed by atoms with Gasteiger partial charge < -0.3 is 9.47 Å². The zero-order valence-electron chi connectivity index (χ0n) is 31.8. The lowest BCUT2D eigenvalue weighted by Crippen LogP contribution is -2.13. The first kappa shape index (κ1) is 45.7. The molecule has 0 saturated carbocycles. The summed E-state index contributed by atoms with van der Waals surface area (Å²) in [6.07, 6.45) is 44.0. The third-order valence-electron chi connectivity index (χ3n) is 9.44. The van der Waals surface area contributed by atoms with Crippen LogP contribution in [0, 0.1) is 12.8 Å². The van der Waals surface area contributed by atoms with E-state index in [2.05, 4.69) is 32.9 Å². The summed E-state index contributed by atoms with van der Waals surface area (Å²) in [7, 11) is 0. The van der Waals surface area contributed by atoms with E-state index in [9.17, 15) is 9.59 Å². The molecule has 0 heterocycles. The van der Waals surface area contributed by atoms with Crippen molar-refractivity contribution in [3.8, 4) is 0 Å². The van der Waals surface area contributed by atoms with E-state index in [1.807, 2.05) is 0 Å². The average Bonchev–Trinajstić information content (AvgIpc) is 3.07. The lowest BCUT2D eigenvalue weighted by Gasteiger charge is -2.14. The Hall–Kier alpha value is -1.32. The number of rotatable bonds is 38. The molecule has 0 rings (SSSR count). The standard InChI is InChI=1S/C43H81O4/c1-4-7-10-13-15-16-17-18-19-20-21-22-24-28-33-38-43(45)47-40-41(35-30-26-23-14-11-8-5-2)36-31-27-25-29-32-37-42(44)46-39-34-12-9-6-3/h30,35,41H,3-29,31-34,36-40H2,1-2H3/b35-30+. The molecule has 4 heteroatoms. The summed E-state index contributed by atoms with van der Waals surface area (Å²) < 4.78 is 11.1. The van der Waals surface area contributed by atoms with Gasteiger partial charge in [0.1, 0.15) is 0 Å². The number of allylic oxidation sites excluding steroid dienone is 1. The van der Waals surface area contributed by atoms with E-state index in [0.29, 0.717) is 32.0 Å². The van der Waals surface area contributed by atoms with Crippen LogP contribution in [-0.4, -0.2) is 25.2 Å². The summed E-state index contributed by atoms with van der Waals surface area (Å²) >= 11 is 0. The lowest BCUT2D eigenvalue weighted by molar-refractivity contribution is -0.145. The smallest absolute Gasteiger partial charge is 0.305 e. The minimum atomic E-state index is -0.0503. The first-order valence-electron chi connectivity index (χ1n) is 20.9. The van der Waals surface area contributed by atoms with Crippen LogP contribution in [0.1, 0.15) is 226 Å². The highest BCUT2D eigenvalue weighted by Crippen LogP contribution is 2.17. The second kappa shape index (κ2) is 39.1. The van der Waals surface area contributed by atoms with E-state index >= 15 is 0 Å². The molecule has 0 aliphatic carbocycles. The Balaban J connectivity index is 4.02. The fraction of sp³-hybridized carbons (Fsp3) is 0.884. The van der Waals surface area contributed by atoms with Crippen molar-refractivity contribution in [2.45, 2.75) is 226 Å². The Kier molecular flexibility index (Phi) is 38.0. The molecule has 0 fully saturated rings. The molecule has 1 radical (unpaired) electrons. The highest BCUT2D eigenvalue weighted by molar-refractivity contribution is 5.69. The first-order valence-corrected chi connectivity index (χ1v) is 20.9. The molecule has 1 atom stereocenters. The Morgan fingerprint density at radius 3 is 1.45 bits per heavy atom. The Morgan fingerprint density at radius 2 is 0.936 bits per heavy atom. The minimum Gasteiger partial charge on any atom is -0.466 e. The predicted octanol–water partition coefficient (Wildman–Crippen LogP) is 14.0. The summed E-state index contributed by atoms with van der Waals surface area (Å²) in [6.45, 7) is 9.46. The molecule has 0 aromatic heterocycles. The van der Waals surface area contributed by atoms with Crippen LogP contribution >= 0.6 is 0 Å². The van der Waals surface area contributed by atoms with E-state index in [4.69, 9.17) is 9.47 Å². The maximum absolute atomic E-state index is 12.5. The lowest BCUT2D eigenvalue weighted by atomic mass is 9.99. The quantitative estimate of drug-likeness (QED) is 0.0375. The average molecular weight is 662 g/mol.